The maximum absolute atomic E-state index is 9.13. The van der Waals surface area contributed by atoms with Crippen molar-refractivity contribution in [3.8, 4) is 0 Å². The number of nitrogens with zero attached hydrogens (tertiary/aromatic N) is 1. The Bertz CT molecular complexity index is 431. The van der Waals surface area contributed by atoms with Crippen molar-refractivity contribution in [3.63, 3.8) is 0 Å². The van der Waals surface area contributed by atoms with Crippen LogP contribution in [-0.2, 0) is 6.42 Å². The van der Waals surface area contributed by atoms with Gasteiger partial charge in [-0.15, -0.1) is 11.3 Å². The number of hydrogen-bond donors (Lipinski definition) is 2. The summed E-state index contributed by atoms with van der Waals surface area (Å²) in [4.78, 5) is 4.50. The molecule has 0 saturated heterocycles. The van der Waals surface area contributed by atoms with Crippen LogP contribution in [-0.4, -0.2) is 21.4 Å². The minimum Gasteiger partial charge on any atom is -0.395 e. The first-order valence-corrected chi connectivity index (χ1v) is 6.05. The fourth-order valence-electron chi connectivity index (χ4n) is 1.38. The van der Waals surface area contributed by atoms with Crippen molar-refractivity contribution in [2.24, 2.45) is 0 Å². The molecule has 80 valence electrons. The van der Waals surface area contributed by atoms with E-state index in [1.54, 1.807) is 11.3 Å². The highest BCUT2D eigenvalue weighted by molar-refractivity contribution is 7.81. The predicted molar refractivity (Wildman–Crippen MR) is 67.8 cm³/mol. The van der Waals surface area contributed by atoms with Gasteiger partial charge in [0.15, 0.2) is 0 Å². The van der Waals surface area contributed by atoms with Crippen molar-refractivity contribution >= 4 is 34.2 Å². The summed E-state index contributed by atoms with van der Waals surface area (Å²) >= 11 is 6.06. The Kier molecular flexibility index (Phi) is 3.00. The zero-order valence-corrected chi connectivity index (χ0v) is 10.2. The van der Waals surface area contributed by atoms with Crippen LogP contribution in [0.3, 0.4) is 0 Å². The second kappa shape index (κ2) is 4.12. The van der Waals surface area contributed by atoms with Crippen LogP contribution in [0, 0.1) is 0 Å². The minimum atomic E-state index is -0.381. The highest BCUT2D eigenvalue weighted by Crippen LogP contribution is 2.26. The number of para-hydroxylation sites is 1. The number of benzene rings is 1. The first-order chi connectivity index (χ1) is 7.11. The van der Waals surface area contributed by atoms with Gasteiger partial charge < -0.3 is 5.11 Å². The van der Waals surface area contributed by atoms with Crippen molar-refractivity contribution in [1.29, 1.82) is 0 Å². The van der Waals surface area contributed by atoms with E-state index in [-0.39, 0.29) is 11.4 Å². The number of fused-ring (bicyclic) bond motifs is 1. The third kappa shape index (κ3) is 2.51. The van der Waals surface area contributed by atoms with E-state index in [1.165, 1.54) is 4.70 Å². The Morgan fingerprint density at radius 2 is 2.20 bits per heavy atom. The van der Waals surface area contributed by atoms with Gasteiger partial charge in [-0.25, -0.2) is 4.98 Å². The molecule has 0 aliphatic heterocycles. The van der Waals surface area contributed by atoms with Crippen molar-refractivity contribution in [1.82, 2.24) is 4.98 Å². The summed E-state index contributed by atoms with van der Waals surface area (Å²) in [6.45, 7) is 1.98. The number of hydrogen-bond acceptors (Lipinski definition) is 4. The molecule has 1 aromatic heterocycles. The summed E-state index contributed by atoms with van der Waals surface area (Å²) in [5.74, 6) is 0. The van der Waals surface area contributed by atoms with Gasteiger partial charge >= 0.3 is 0 Å². The van der Waals surface area contributed by atoms with Crippen molar-refractivity contribution < 1.29 is 5.11 Å². The third-order valence-electron chi connectivity index (χ3n) is 2.21. The number of aliphatic hydroxyl groups is 1. The van der Waals surface area contributed by atoms with E-state index in [4.69, 9.17) is 5.11 Å². The number of aromatic nitrogens is 1. The van der Waals surface area contributed by atoms with Gasteiger partial charge in [-0.05, 0) is 19.1 Å². The summed E-state index contributed by atoms with van der Waals surface area (Å²) in [6, 6.07) is 8.06. The standard InChI is InChI=1S/C11H13NOS2/c1-11(14,7-13)6-10-12-8-4-2-3-5-9(8)15-10/h2-5,13-14H,6-7H2,1H3. The Labute approximate surface area is 98.4 Å². The molecule has 0 aliphatic rings. The maximum atomic E-state index is 9.13. The molecule has 0 amide bonds. The SMILES string of the molecule is CC(S)(CO)Cc1nc2ccccc2s1. The Hall–Kier alpha value is -0.580. The lowest BCUT2D eigenvalue weighted by Gasteiger charge is -2.18. The highest BCUT2D eigenvalue weighted by atomic mass is 32.1. The summed E-state index contributed by atoms with van der Waals surface area (Å²) in [7, 11) is 0. The largest absolute Gasteiger partial charge is 0.395 e. The van der Waals surface area contributed by atoms with Crippen LogP contribution >= 0.6 is 24.0 Å². The van der Waals surface area contributed by atoms with E-state index in [1.807, 2.05) is 25.1 Å². The van der Waals surface area contributed by atoms with Crippen molar-refractivity contribution in [2.75, 3.05) is 6.61 Å². The zero-order chi connectivity index (χ0) is 10.9. The second-order valence-corrected chi connectivity index (χ2v) is 6.10. The van der Waals surface area contributed by atoms with Gasteiger partial charge in [0.2, 0.25) is 0 Å². The summed E-state index contributed by atoms with van der Waals surface area (Å²) in [5, 5.41) is 10.2. The van der Waals surface area contributed by atoms with Crippen LogP contribution in [0.15, 0.2) is 24.3 Å². The van der Waals surface area contributed by atoms with Gasteiger partial charge in [0.1, 0.15) is 0 Å². The molecule has 1 heterocycles. The topological polar surface area (TPSA) is 33.1 Å². The van der Waals surface area contributed by atoms with E-state index in [2.05, 4.69) is 23.7 Å². The van der Waals surface area contributed by atoms with Crippen molar-refractivity contribution in [2.45, 2.75) is 18.1 Å². The van der Waals surface area contributed by atoms with Crippen LogP contribution in [0.5, 0.6) is 0 Å². The van der Waals surface area contributed by atoms with Gasteiger partial charge in [0, 0.05) is 11.2 Å². The quantitative estimate of drug-likeness (QED) is 0.807. The molecular weight excluding hydrogens is 226 g/mol. The second-order valence-electron chi connectivity index (χ2n) is 3.91. The lowest BCUT2D eigenvalue weighted by molar-refractivity contribution is 0.256. The molecule has 1 unspecified atom stereocenters. The molecule has 1 N–H and O–H groups in total. The monoisotopic (exact) mass is 239 g/mol. The fraction of sp³-hybridized carbons (Fsp3) is 0.364. The molecule has 0 aliphatic carbocycles. The average Bonchev–Trinajstić information content (AvgIpc) is 2.58. The van der Waals surface area contributed by atoms with Gasteiger partial charge in [0.05, 0.1) is 21.8 Å². The fourth-order valence-corrected chi connectivity index (χ4v) is 2.79. The van der Waals surface area contributed by atoms with E-state index < -0.39 is 0 Å². The van der Waals surface area contributed by atoms with E-state index in [9.17, 15) is 0 Å². The Morgan fingerprint density at radius 1 is 1.47 bits per heavy atom. The molecule has 1 atom stereocenters. The van der Waals surface area contributed by atoms with Gasteiger partial charge in [-0.3, -0.25) is 0 Å². The zero-order valence-electron chi connectivity index (χ0n) is 8.47. The molecule has 4 heteroatoms. The maximum Gasteiger partial charge on any atom is 0.0953 e. The average molecular weight is 239 g/mol. The lowest BCUT2D eigenvalue weighted by atomic mass is 10.1. The molecule has 1 aromatic carbocycles. The first-order valence-electron chi connectivity index (χ1n) is 4.78. The number of thiazole rings is 1. The molecule has 0 spiro atoms. The molecule has 15 heavy (non-hydrogen) atoms. The molecule has 0 fully saturated rings. The summed E-state index contributed by atoms with van der Waals surface area (Å²) < 4.78 is 0.808. The molecular formula is C11H13NOS2. The lowest BCUT2D eigenvalue weighted by Crippen LogP contribution is -2.24. The number of thiol groups is 1. The van der Waals surface area contributed by atoms with Gasteiger partial charge in [-0.2, -0.15) is 12.6 Å². The van der Waals surface area contributed by atoms with Crippen LogP contribution in [0.4, 0.5) is 0 Å². The molecule has 0 saturated carbocycles. The smallest absolute Gasteiger partial charge is 0.0953 e. The molecule has 0 bridgehead atoms. The summed E-state index contributed by atoms with van der Waals surface area (Å²) in [6.07, 6.45) is 0.700. The number of aliphatic hydroxyl groups excluding tert-OH is 1. The van der Waals surface area contributed by atoms with E-state index in [0.29, 0.717) is 6.42 Å². The van der Waals surface area contributed by atoms with E-state index >= 15 is 0 Å². The van der Waals surface area contributed by atoms with E-state index in [0.717, 1.165) is 10.5 Å². The Morgan fingerprint density at radius 3 is 2.87 bits per heavy atom. The van der Waals surface area contributed by atoms with Crippen molar-refractivity contribution in [3.05, 3.63) is 29.3 Å². The van der Waals surface area contributed by atoms with Crippen LogP contribution in [0.2, 0.25) is 0 Å². The van der Waals surface area contributed by atoms with Crippen LogP contribution in [0.1, 0.15) is 11.9 Å². The predicted octanol–water partition coefficient (Wildman–Crippen LogP) is 2.52. The van der Waals surface area contributed by atoms with Crippen LogP contribution in [0.25, 0.3) is 10.2 Å². The molecule has 2 rings (SSSR count). The first kappa shape index (κ1) is 10.9. The molecule has 2 aromatic rings. The van der Waals surface area contributed by atoms with Gasteiger partial charge in [-0.1, -0.05) is 12.1 Å². The molecule has 2 nitrogen and oxygen atoms in total. The number of rotatable bonds is 3. The summed E-state index contributed by atoms with van der Waals surface area (Å²) in [5.41, 5.74) is 1.03. The third-order valence-corrected chi connectivity index (χ3v) is 3.55. The molecule has 0 radical (unpaired) electrons. The Balaban J connectivity index is 2.30. The minimum absolute atomic E-state index is 0.0615. The van der Waals surface area contributed by atoms with Gasteiger partial charge in [0.25, 0.3) is 0 Å². The normalized spacial score (nSPS) is 15.4. The highest BCUT2D eigenvalue weighted by Gasteiger charge is 2.20. The van der Waals surface area contributed by atoms with Crippen LogP contribution < -0.4 is 0 Å².